The summed E-state index contributed by atoms with van der Waals surface area (Å²) in [5.74, 6) is 0. The van der Waals surface area contributed by atoms with Gasteiger partial charge in [0.25, 0.3) is 0 Å². The molecule has 1 rings (SSSR count). The Morgan fingerprint density at radius 1 is 1.30 bits per heavy atom. The average molecular weight is 274 g/mol. The van der Waals surface area contributed by atoms with Gasteiger partial charge in [0.2, 0.25) is 0 Å². The van der Waals surface area contributed by atoms with Crippen LogP contribution in [-0.2, 0) is 0 Å². The third-order valence-corrected chi connectivity index (χ3v) is 3.16. The van der Waals surface area contributed by atoms with Gasteiger partial charge >= 0.3 is 23.1 Å². The van der Waals surface area contributed by atoms with Crippen molar-refractivity contribution in [3.05, 3.63) is 27.8 Å². The Bertz CT molecular complexity index is 203. The van der Waals surface area contributed by atoms with Crippen LogP contribution in [0.5, 0.6) is 0 Å². The van der Waals surface area contributed by atoms with E-state index in [0.717, 1.165) is 0 Å². The Morgan fingerprint density at radius 3 is 2.30 bits per heavy atom. The van der Waals surface area contributed by atoms with E-state index in [1.165, 1.54) is 8.47 Å². The molecule has 3 heteroatoms. The zero-order valence-electron chi connectivity index (χ0n) is 5.80. The quantitative estimate of drug-likeness (QED) is 0.431. The van der Waals surface area contributed by atoms with Crippen molar-refractivity contribution in [3.8, 4) is 0 Å². The van der Waals surface area contributed by atoms with E-state index in [0.29, 0.717) is 0 Å². The molecule has 0 amide bonds. The summed E-state index contributed by atoms with van der Waals surface area (Å²) in [6.45, 7) is 0. The number of rotatable bonds is 1. The van der Waals surface area contributed by atoms with Crippen LogP contribution in [0.25, 0.3) is 0 Å². The van der Waals surface area contributed by atoms with Crippen molar-refractivity contribution in [1.29, 1.82) is 0 Å². The Hall–Kier alpha value is 1.07. The summed E-state index contributed by atoms with van der Waals surface area (Å²) < 4.78 is 1.34. The summed E-state index contributed by atoms with van der Waals surface area (Å²) in [6.07, 6.45) is 2.09. The van der Waals surface area contributed by atoms with Crippen LogP contribution in [0.4, 0.5) is 0 Å². The zero-order valence-corrected chi connectivity index (χ0v) is 10.2. The maximum Gasteiger partial charge on any atom is 2.00 e. The molecule has 0 aliphatic heterocycles. The molecule has 10 heavy (non-hydrogen) atoms. The largest absolute Gasteiger partial charge is 2.00 e. The van der Waals surface area contributed by atoms with E-state index in [1.807, 2.05) is 0 Å². The first kappa shape index (κ1) is 11.1. The predicted molar refractivity (Wildman–Crippen MR) is 56.7 cm³/mol. The smallest absolute Gasteiger partial charge is 0.128 e. The summed E-state index contributed by atoms with van der Waals surface area (Å²) in [5.41, 5.74) is 0. The Kier molecular flexibility index (Phi) is 6.29. The van der Waals surface area contributed by atoms with Crippen LogP contribution in [0.1, 0.15) is 0 Å². The molecule has 0 fully saturated rings. The van der Waals surface area contributed by atoms with Gasteiger partial charge in [-0.1, -0.05) is 12.1 Å². The number of hydrogen-bond donors (Lipinski definition) is 0. The number of hydrogen-bond acceptors (Lipinski definition) is 1. The van der Waals surface area contributed by atoms with Crippen molar-refractivity contribution in [3.63, 3.8) is 0 Å². The molecule has 0 unspecified atom stereocenters. The van der Waals surface area contributed by atoms with Crippen molar-refractivity contribution in [2.24, 2.45) is 0 Å². The van der Waals surface area contributed by atoms with Gasteiger partial charge in [-0.25, -0.2) is 0 Å². The van der Waals surface area contributed by atoms with Crippen LogP contribution >= 0.6 is 34.4 Å². The molecular formula is C7H7IMgS+2. The molecule has 0 nitrogen and oxygen atoms in total. The topological polar surface area (TPSA) is 0 Å². The van der Waals surface area contributed by atoms with E-state index < -0.39 is 0 Å². The van der Waals surface area contributed by atoms with Gasteiger partial charge in [-0.05, 0) is 41.0 Å². The van der Waals surface area contributed by atoms with Gasteiger partial charge in [-0.15, -0.1) is 11.8 Å². The number of halogens is 1. The van der Waals surface area contributed by atoms with Gasteiger partial charge in [0, 0.05) is 8.47 Å². The molecule has 0 saturated carbocycles. The Labute approximate surface area is 95.5 Å². The number of benzene rings is 1. The monoisotopic (exact) mass is 274 g/mol. The molecule has 0 spiro atoms. The fourth-order valence-electron chi connectivity index (χ4n) is 0.610. The molecule has 0 N–H and O–H groups in total. The molecule has 0 aromatic heterocycles. The fraction of sp³-hybridized carbons (Fsp3) is 0.143. The zero-order chi connectivity index (χ0) is 6.69. The molecule has 0 heterocycles. The molecule has 0 aliphatic rings. The van der Waals surface area contributed by atoms with Crippen LogP contribution in [0.3, 0.4) is 0 Å². The van der Waals surface area contributed by atoms with Crippen molar-refractivity contribution >= 4 is 57.4 Å². The standard InChI is InChI=1S/C7H7IS.Mg/c1-9-7-5-3-2-4-6(7)8;/h2-5H,1H3;/q;+2. The van der Waals surface area contributed by atoms with Gasteiger partial charge in [-0.2, -0.15) is 0 Å². The maximum atomic E-state index is 2.34. The molecule has 0 radical (unpaired) electrons. The van der Waals surface area contributed by atoms with Gasteiger partial charge in [0.05, 0.1) is 0 Å². The van der Waals surface area contributed by atoms with Crippen LogP contribution in [0, 0.1) is 3.57 Å². The van der Waals surface area contributed by atoms with Gasteiger partial charge in [0.15, 0.2) is 0 Å². The first-order valence-electron chi connectivity index (χ1n) is 2.63. The van der Waals surface area contributed by atoms with E-state index in [1.54, 1.807) is 11.8 Å². The second kappa shape index (κ2) is 5.68. The van der Waals surface area contributed by atoms with Crippen molar-refractivity contribution in [2.45, 2.75) is 4.90 Å². The summed E-state index contributed by atoms with van der Waals surface area (Å²) in [4.78, 5) is 1.36. The van der Waals surface area contributed by atoms with Crippen LogP contribution < -0.4 is 0 Å². The fourth-order valence-corrected chi connectivity index (χ4v) is 2.14. The normalized spacial score (nSPS) is 8.60. The Balaban J connectivity index is 0.000000810. The minimum absolute atomic E-state index is 0. The van der Waals surface area contributed by atoms with Gasteiger partial charge < -0.3 is 0 Å². The molecule has 1 aromatic rings. The van der Waals surface area contributed by atoms with Crippen LogP contribution in [0.15, 0.2) is 29.2 Å². The average Bonchev–Trinajstić information content (AvgIpc) is 1.89. The molecule has 0 saturated heterocycles. The molecule has 0 atom stereocenters. The van der Waals surface area contributed by atoms with Crippen LogP contribution in [0.2, 0.25) is 0 Å². The summed E-state index contributed by atoms with van der Waals surface area (Å²) in [7, 11) is 0. The van der Waals surface area contributed by atoms with Crippen molar-refractivity contribution in [2.75, 3.05) is 6.26 Å². The first-order chi connectivity index (χ1) is 4.34. The molecule has 1 aromatic carbocycles. The van der Waals surface area contributed by atoms with E-state index in [-0.39, 0.29) is 23.1 Å². The summed E-state index contributed by atoms with van der Waals surface area (Å²) in [5, 5.41) is 0. The van der Waals surface area contributed by atoms with E-state index in [2.05, 4.69) is 53.1 Å². The van der Waals surface area contributed by atoms with E-state index in [9.17, 15) is 0 Å². The minimum Gasteiger partial charge on any atom is -0.128 e. The third kappa shape index (κ3) is 2.98. The summed E-state index contributed by atoms with van der Waals surface area (Å²) in [6, 6.07) is 8.37. The molecule has 0 bridgehead atoms. The van der Waals surface area contributed by atoms with Crippen molar-refractivity contribution in [1.82, 2.24) is 0 Å². The number of thioether (sulfide) groups is 1. The first-order valence-corrected chi connectivity index (χ1v) is 4.93. The van der Waals surface area contributed by atoms with Crippen molar-refractivity contribution < 1.29 is 0 Å². The van der Waals surface area contributed by atoms with Gasteiger partial charge in [0.1, 0.15) is 0 Å². The second-order valence-electron chi connectivity index (χ2n) is 1.63. The third-order valence-electron chi connectivity index (χ3n) is 1.06. The van der Waals surface area contributed by atoms with Gasteiger partial charge in [-0.3, -0.25) is 0 Å². The second-order valence-corrected chi connectivity index (χ2v) is 3.64. The maximum absolute atomic E-state index is 2.34. The SMILES string of the molecule is CSc1ccccc1I.[Mg+2]. The summed E-state index contributed by atoms with van der Waals surface area (Å²) >= 11 is 4.13. The van der Waals surface area contributed by atoms with E-state index >= 15 is 0 Å². The van der Waals surface area contributed by atoms with Crippen LogP contribution in [-0.4, -0.2) is 29.3 Å². The Morgan fingerprint density at radius 2 is 1.90 bits per heavy atom. The minimum atomic E-state index is 0. The predicted octanol–water partition coefficient (Wildman–Crippen LogP) is 2.63. The molecule has 0 aliphatic carbocycles. The molecular weight excluding hydrogens is 267 g/mol. The molecule has 48 valence electrons. The van der Waals surface area contributed by atoms with E-state index in [4.69, 9.17) is 0 Å².